The monoisotopic (exact) mass is 257 g/mol. The minimum absolute atomic E-state index is 0.210. The molecule has 0 spiro atoms. The SMILES string of the molecule is O=C(O)CCc1cnc(C2CCSCC2)s1. The van der Waals surface area contributed by atoms with Crippen LogP contribution in [0.25, 0.3) is 0 Å². The lowest BCUT2D eigenvalue weighted by atomic mass is 10.0. The summed E-state index contributed by atoms with van der Waals surface area (Å²) in [5.41, 5.74) is 0. The number of carbonyl (C=O) groups is 1. The fourth-order valence-corrected chi connectivity index (χ4v) is 3.99. The van der Waals surface area contributed by atoms with Crippen molar-refractivity contribution in [2.75, 3.05) is 11.5 Å². The zero-order chi connectivity index (χ0) is 11.4. The van der Waals surface area contributed by atoms with Crippen LogP contribution < -0.4 is 0 Å². The number of aryl methyl sites for hydroxylation is 1. The highest BCUT2D eigenvalue weighted by Crippen LogP contribution is 2.33. The van der Waals surface area contributed by atoms with E-state index in [1.54, 1.807) is 11.3 Å². The van der Waals surface area contributed by atoms with E-state index >= 15 is 0 Å². The van der Waals surface area contributed by atoms with Gasteiger partial charge in [0.25, 0.3) is 0 Å². The van der Waals surface area contributed by atoms with Crippen LogP contribution in [-0.4, -0.2) is 27.6 Å². The van der Waals surface area contributed by atoms with E-state index in [0.29, 0.717) is 12.3 Å². The molecule has 0 unspecified atom stereocenters. The van der Waals surface area contributed by atoms with Crippen molar-refractivity contribution >= 4 is 29.1 Å². The lowest BCUT2D eigenvalue weighted by molar-refractivity contribution is -0.136. The van der Waals surface area contributed by atoms with Gasteiger partial charge in [-0.1, -0.05) is 0 Å². The standard InChI is InChI=1S/C11H15NO2S2/c13-10(14)2-1-9-7-12-11(16-9)8-3-5-15-6-4-8/h7-8H,1-6H2,(H,13,14). The summed E-state index contributed by atoms with van der Waals surface area (Å²) < 4.78 is 0. The second-order valence-electron chi connectivity index (χ2n) is 3.95. The molecule has 1 aromatic rings. The molecule has 16 heavy (non-hydrogen) atoms. The molecule has 3 nitrogen and oxygen atoms in total. The third kappa shape index (κ3) is 3.22. The van der Waals surface area contributed by atoms with E-state index < -0.39 is 5.97 Å². The maximum Gasteiger partial charge on any atom is 0.303 e. The molecule has 0 aliphatic carbocycles. The Morgan fingerprint density at radius 1 is 1.50 bits per heavy atom. The van der Waals surface area contributed by atoms with Gasteiger partial charge < -0.3 is 5.11 Å². The molecule has 0 aromatic carbocycles. The van der Waals surface area contributed by atoms with Crippen LogP contribution >= 0.6 is 23.1 Å². The molecule has 2 heterocycles. The van der Waals surface area contributed by atoms with Crippen molar-refractivity contribution in [2.45, 2.75) is 31.6 Å². The minimum atomic E-state index is -0.732. The lowest BCUT2D eigenvalue weighted by Crippen LogP contribution is -2.07. The van der Waals surface area contributed by atoms with E-state index in [9.17, 15) is 4.79 Å². The van der Waals surface area contributed by atoms with Gasteiger partial charge in [-0.3, -0.25) is 4.79 Å². The highest BCUT2D eigenvalue weighted by molar-refractivity contribution is 7.99. The van der Waals surface area contributed by atoms with Gasteiger partial charge in [0, 0.05) is 17.0 Å². The van der Waals surface area contributed by atoms with Crippen LogP contribution in [0.3, 0.4) is 0 Å². The van der Waals surface area contributed by atoms with Gasteiger partial charge in [-0.15, -0.1) is 11.3 Å². The summed E-state index contributed by atoms with van der Waals surface area (Å²) in [5, 5.41) is 9.82. The largest absolute Gasteiger partial charge is 0.481 e. The average molecular weight is 257 g/mol. The molecular formula is C11H15NO2S2. The molecular weight excluding hydrogens is 242 g/mol. The maximum atomic E-state index is 10.5. The number of rotatable bonds is 4. The molecule has 1 fully saturated rings. The highest BCUT2D eigenvalue weighted by Gasteiger charge is 2.18. The van der Waals surface area contributed by atoms with Crippen LogP contribution in [-0.2, 0) is 11.2 Å². The second-order valence-corrected chi connectivity index (χ2v) is 6.32. The van der Waals surface area contributed by atoms with Crippen molar-refractivity contribution in [1.82, 2.24) is 4.98 Å². The molecule has 1 saturated heterocycles. The Balaban J connectivity index is 1.93. The van der Waals surface area contributed by atoms with Gasteiger partial charge in [-0.2, -0.15) is 11.8 Å². The predicted molar refractivity (Wildman–Crippen MR) is 67.4 cm³/mol. The molecule has 1 N–H and O–H groups in total. The van der Waals surface area contributed by atoms with Gasteiger partial charge in [-0.25, -0.2) is 4.98 Å². The average Bonchev–Trinajstić information content (AvgIpc) is 2.76. The molecule has 5 heteroatoms. The van der Waals surface area contributed by atoms with Gasteiger partial charge in [0.15, 0.2) is 0 Å². The maximum absolute atomic E-state index is 10.5. The van der Waals surface area contributed by atoms with Crippen molar-refractivity contribution in [1.29, 1.82) is 0 Å². The van der Waals surface area contributed by atoms with E-state index in [0.717, 1.165) is 4.88 Å². The number of thioether (sulfide) groups is 1. The van der Waals surface area contributed by atoms with Crippen LogP contribution in [0.1, 0.15) is 35.1 Å². The number of hydrogen-bond donors (Lipinski definition) is 1. The Morgan fingerprint density at radius 3 is 2.94 bits per heavy atom. The van der Waals surface area contributed by atoms with Crippen LogP contribution in [0.4, 0.5) is 0 Å². The van der Waals surface area contributed by atoms with Gasteiger partial charge in [0.1, 0.15) is 0 Å². The van der Waals surface area contributed by atoms with Crippen LogP contribution in [0, 0.1) is 0 Å². The van der Waals surface area contributed by atoms with Crippen molar-refractivity contribution in [3.8, 4) is 0 Å². The first-order valence-electron chi connectivity index (χ1n) is 5.50. The van der Waals surface area contributed by atoms with Gasteiger partial charge in [-0.05, 0) is 30.8 Å². The Morgan fingerprint density at radius 2 is 2.25 bits per heavy atom. The predicted octanol–water partition coefficient (Wildman–Crippen LogP) is 2.77. The number of carboxylic acids is 1. The first-order valence-corrected chi connectivity index (χ1v) is 7.47. The number of aromatic nitrogens is 1. The Bertz CT molecular complexity index is 359. The van der Waals surface area contributed by atoms with Gasteiger partial charge >= 0.3 is 5.97 Å². The van der Waals surface area contributed by atoms with E-state index in [-0.39, 0.29) is 6.42 Å². The Labute approximate surface area is 103 Å². The van der Waals surface area contributed by atoms with Crippen molar-refractivity contribution in [2.24, 2.45) is 0 Å². The molecule has 1 aliphatic heterocycles. The van der Waals surface area contributed by atoms with Gasteiger partial charge in [0.2, 0.25) is 0 Å². The van der Waals surface area contributed by atoms with E-state index in [2.05, 4.69) is 4.98 Å². The molecule has 88 valence electrons. The highest BCUT2D eigenvalue weighted by atomic mass is 32.2. The van der Waals surface area contributed by atoms with Crippen LogP contribution in [0.15, 0.2) is 6.20 Å². The summed E-state index contributed by atoms with van der Waals surface area (Å²) in [6.07, 6.45) is 5.12. The summed E-state index contributed by atoms with van der Waals surface area (Å²) >= 11 is 3.71. The van der Waals surface area contributed by atoms with E-state index in [1.165, 1.54) is 29.4 Å². The zero-order valence-corrected chi connectivity index (χ0v) is 10.6. The number of thiazole rings is 1. The summed E-state index contributed by atoms with van der Waals surface area (Å²) in [6, 6.07) is 0. The molecule has 1 aromatic heterocycles. The third-order valence-electron chi connectivity index (χ3n) is 2.73. The zero-order valence-electron chi connectivity index (χ0n) is 9.02. The smallest absolute Gasteiger partial charge is 0.303 e. The molecule has 1 aliphatic rings. The molecule has 2 rings (SSSR count). The minimum Gasteiger partial charge on any atom is -0.481 e. The summed E-state index contributed by atoms with van der Waals surface area (Å²) in [6.45, 7) is 0. The fourth-order valence-electron chi connectivity index (χ4n) is 1.80. The molecule has 0 saturated carbocycles. The Kier molecular flexibility index (Phi) is 4.23. The normalized spacial score (nSPS) is 17.5. The van der Waals surface area contributed by atoms with Crippen LogP contribution in [0.5, 0.6) is 0 Å². The number of carboxylic acid groups (broad SMARTS) is 1. The van der Waals surface area contributed by atoms with Gasteiger partial charge in [0.05, 0.1) is 11.4 Å². The number of aliphatic carboxylic acids is 1. The topological polar surface area (TPSA) is 50.2 Å². The van der Waals surface area contributed by atoms with E-state index in [4.69, 9.17) is 5.11 Å². The number of nitrogens with zero attached hydrogens (tertiary/aromatic N) is 1. The molecule has 0 radical (unpaired) electrons. The molecule has 0 atom stereocenters. The van der Waals surface area contributed by atoms with Crippen molar-refractivity contribution in [3.63, 3.8) is 0 Å². The van der Waals surface area contributed by atoms with Crippen molar-refractivity contribution < 1.29 is 9.90 Å². The van der Waals surface area contributed by atoms with Crippen LogP contribution in [0.2, 0.25) is 0 Å². The first-order chi connectivity index (χ1) is 7.75. The summed E-state index contributed by atoms with van der Waals surface area (Å²) in [5.74, 6) is 2.34. The van der Waals surface area contributed by atoms with Crippen molar-refractivity contribution in [3.05, 3.63) is 16.1 Å². The summed E-state index contributed by atoms with van der Waals surface area (Å²) in [4.78, 5) is 16.0. The lowest BCUT2D eigenvalue weighted by Gasteiger charge is -2.18. The number of hydrogen-bond acceptors (Lipinski definition) is 4. The third-order valence-corrected chi connectivity index (χ3v) is 5.00. The molecule has 0 amide bonds. The fraction of sp³-hybridized carbons (Fsp3) is 0.636. The second kappa shape index (κ2) is 5.68. The quantitative estimate of drug-likeness (QED) is 0.901. The Hall–Kier alpha value is -0.550. The summed E-state index contributed by atoms with van der Waals surface area (Å²) in [7, 11) is 0. The van der Waals surface area contributed by atoms with E-state index in [1.807, 2.05) is 18.0 Å². The molecule has 0 bridgehead atoms. The first kappa shape index (κ1) is 11.9.